The first-order valence-corrected chi connectivity index (χ1v) is 11.0. The molecule has 0 bridgehead atoms. The summed E-state index contributed by atoms with van der Waals surface area (Å²) in [5.74, 6) is 1.84. The maximum atomic E-state index is 13.2. The van der Waals surface area contributed by atoms with Crippen molar-refractivity contribution < 1.29 is 14.3 Å². The molecule has 29 heavy (non-hydrogen) atoms. The summed E-state index contributed by atoms with van der Waals surface area (Å²) in [6.45, 7) is 4.10. The lowest BCUT2D eigenvalue weighted by atomic mass is 9.99. The number of amides is 2. The van der Waals surface area contributed by atoms with Gasteiger partial charge in [0.25, 0.3) is 11.8 Å². The molecular formula is C23H26N2O3S. The summed E-state index contributed by atoms with van der Waals surface area (Å²) < 4.78 is 5.17. The Bertz CT molecular complexity index is 905. The number of aryl methyl sites for hydroxylation is 1. The van der Waals surface area contributed by atoms with Crippen LogP contribution in [-0.2, 0) is 0 Å². The number of rotatable bonds is 3. The van der Waals surface area contributed by atoms with E-state index in [0.29, 0.717) is 18.7 Å². The van der Waals surface area contributed by atoms with Crippen LogP contribution in [0.3, 0.4) is 0 Å². The predicted molar refractivity (Wildman–Crippen MR) is 116 cm³/mol. The molecule has 0 aromatic heterocycles. The van der Waals surface area contributed by atoms with E-state index in [0.717, 1.165) is 42.0 Å². The average Bonchev–Trinajstić information content (AvgIpc) is 3.16. The van der Waals surface area contributed by atoms with Crippen molar-refractivity contribution in [1.29, 1.82) is 0 Å². The third-order valence-electron chi connectivity index (χ3n) is 5.86. The second-order valence-electron chi connectivity index (χ2n) is 7.64. The van der Waals surface area contributed by atoms with E-state index in [1.165, 1.54) is 0 Å². The van der Waals surface area contributed by atoms with E-state index in [2.05, 4.69) is 0 Å². The Kier molecular flexibility index (Phi) is 5.54. The molecule has 2 aromatic rings. The molecule has 2 aromatic carbocycles. The van der Waals surface area contributed by atoms with Crippen LogP contribution in [0.2, 0.25) is 0 Å². The highest BCUT2D eigenvalue weighted by Gasteiger charge is 2.47. The first-order valence-electron chi connectivity index (χ1n) is 9.98. The van der Waals surface area contributed by atoms with Crippen LogP contribution < -0.4 is 4.74 Å². The van der Waals surface area contributed by atoms with Gasteiger partial charge in [0.05, 0.1) is 12.0 Å². The zero-order valence-corrected chi connectivity index (χ0v) is 17.7. The van der Waals surface area contributed by atoms with Crippen molar-refractivity contribution in [3.63, 3.8) is 0 Å². The lowest BCUT2D eigenvalue weighted by molar-refractivity contribution is 0.0497. The van der Waals surface area contributed by atoms with Crippen molar-refractivity contribution in [2.45, 2.75) is 24.6 Å². The topological polar surface area (TPSA) is 49.9 Å². The number of likely N-dealkylation sites (tertiary alicyclic amines) is 1. The van der Waals surface area contributed by atoms with Gasteiger partial charge in [-0.1, -0.05) is 17.7 Å². The second-order valence-corrected chi connectivity index (χ2v) is 9.10. The van der Waals surface area contributed by atoms with Gasteiger partial charge in [-0.15, -0.1) is 11.8 Å². The van der Waals surface area contributed by atoms with Crippen LogP contribution in [0.15, 0.2) is 48.5 Å². The summed E-state index contributed by atoms with van der Waals surface area (Å²) in [7, 11) is 1.62. The Morgan fingerprint density at radius 3 is 2.34 bits per heavy atom. The highest BCUT2D eigenvalue weighted by atomic mass is 32.2. The molecule has 6 heteroatoms. The number of hydrogen-bond acceptors (Lipinski definition) is 4. The third kappa shape index (κ3) is 3.86. The van der Waals surface area contributed by atoms with Crippen LogP contribution in [0.1, 0.15) is 39.1 Å². The SMILES string of the molecule is COc1ccc(C(=O)N2CCC3(CC2)SCCN3C(=O)c2cccc(C)c2)cc1. The van der Waals surface area contributed by atoms with E-state index in [9.17, 15) is 9.59 Å². The van der Waals surface area contributed by atoms with Crippen molar-refractivity contribution in [2.24, 2.45) is 0 Å². The molecule has 2 aliphatic rings. The summed E-state index contributed by atoms with van der Waals surface area (Å²) in [4.78, 5) is 29.8. The van der Waals surface area contributed by atoms with Gasteiger partial charge in [-0.3, -0.25) is 9.59 Å². The first kappa shape index (κ1) is 19.8. The number of ether oxygens (including phenoxy) is 1. The van der Waals surface area contributed by atoms with Crippen LogP contribution >= 0.6 is 11.8 Å². The lowest BCUT2D eigenvalue weighted by Gasteiger charge is -2.44. The van der Waals surface area contributed by atoms with Gasteiger partial charge in [0.1, 0.15) is 5.75 Å². The molecule has 152 valence electrons. The first-order chi connectivity index (χ1) is 14.0. The van der Waals surface area contributed by atoms with Crippen LogP contribution in [0.5, 0.6) is 5.75 Å². The molecule has 2 aliphatic heterocycles. The average molecular weight is 411 g/mol. The quantitative estimate of drug-likeness (QED) is 0.772. The molecule has 5 nitrogen and oxygen atoms in total. The van der Waals surface area contributed by atoms with E-state index in [-0.39, 0.29) is 16.7 Å². The van der Waals surface area contributed by atoms with E-state index >= 15 is 0 Å². The number of carbonyl (C=O) groups excluding carboxylic acids is 2. The van der Waals surface area contributed by atoms with Crippen molar-refractivity contribution in [3.05, 3.63) is 65.2 Å². The van der Waals surface area contributed by atoms with Gasteiger partial charge < -0.3 is 14.5 Å². The molecule has 0 saturated carbocycles. The Hall–Kier alpha value is -2.47. The Morgan fingerprint density at radius 1 is 0.966 bits per heavy atom. The maximum absolute atomic E-state index is 13.2. The monoisotopic (exact) mass is 410 g/mol. The van der Waals surface area contributed by atoms with E-state index in [1.54, 1.807) is 7.11 Å². The number of nitrogens with zero attached hydrogens (tertiary/aromatic N) is 2. The Balaban J connectivity index is 1.45. The van der Waals surface area contributed by atoms with Gasteiger partial charge in [-0.2, -0.15) is 0 Å². The summed E-state index contributed by atoms with van der Waals surface area (Å²) in [6.07, 6.45) is 1.61. The minimum Gasteiger partial charge on any atom is -0.497 e. The molecule has 0 aliphatic carbocycles. The van der Waals surface area contributed by atoms with E-state index < -0.39 is 0 Å². The Morgan fingerprint density at radius 2 is 1.69 bits per heavy atom. The van der Waals surface area contributed by atoms with E-state index in [1.807, 2.05) is 77.0 Å². The minimum absolute atomic E-state index is 0.0436. The zero-order chi connectivity index (χ0) is 20.4. The molecule has 0 radical (unpaired) electrons. The highest BCUT2D eigenvalue weighted by molar-refractivity contribution is 8.00. The molecule has 0 N–H and O–H groups in total. The molecule has 4 rings (SSSR count). The number of benzene rings is 2. The number of thioether (sulfide) groups is 1. The van der Waals surface area contributed by atoms with Crippen molar-refractivity contribution >= 4 is 23.6 Å². The second kappa shape index (κ2) is 8.11. The van der Waals surface area contributed by atoms with Crippen LogP contribution in [-0.4, -0.2) is 59.0 Å². The van der Waals surface area contributed by atoms with Crippen molar-refractivity contribution in [3.8, 4) is 5.75 Å². The van der Waals surface area contributed by atoms with Gasteiger partial charge in [0.15, 0.2) is 0 Å². The van der Waals surface area contributed by atoms with Crippen LogP contribution in [0, 0.1) is 6.92 Å². The van der Waals surface area contributed by atoms with Gasteiger partial charge in [0.2, 0.25) is 0 Å². The fraction of sp³-hybridized carbons (Fsp3) is 0.391. The molecular weight excluding hydrogens is 384 g/mol. The molecule has 2 amide bonds. The van der Waals surface area contributed by atoms with Gasteiger partial charge >= 0.3 is 0 Å². The smallest absolute Gasteiger partial charge is 0.255 e. The molecule has 1 spiro atoms. The van der Waals surface area contributed by atoms with Crippen LogP contribution in [0.4, 0.5) is 0 Å². The molecule has 2 heterocycles. The van der Waals surface area contributed by atoms with Crippen molar-refractivity contribution in [1.82, 2.24) is 9.80 Å². The molecule has 0 atom stereocenters. The van der Waals surface area contributed by atoms with Gasteiger partial charge in [-0.25, -0.2) is 0 Å². The minimum atomic E-state index is -0.197. The van der Waals surface area contributed by atoms with Gasteiger partial charge in [-0.05, 0) is 56.2 Å². The van der Waals surface area contributed by atoms with Crippen LogP contribution in [0.25, 0.3) is 0 Å². The maximum Gasteiger partial charge on any atom is 0.255 e. The largest absolute Gasteiger partial charge is 0.497 e. The summed E-state index contributed by atoms with van der Waals surface area (Å²) in [5, 5.41) is 0. The number of hydrogen-bond donors (Lipinski definition) is 0. The van der Waals surface area contributed by atoms with Crippen molar-refractivity contribution in [2.75, 3.05) is 32.5 Å². The zero-order valence-electron chi connectivity index (χ0n) is 16.9. The summed E-state index contributed by atoms with van der Waals surface area (Å²) >= 11 is 1.87. The number of methoxy groups -OCH3 is 1. The number of carbonyl (C=O) groups is 2. The third-order valence-corrected chi connectivity index (χ3v) is 7.41. The highest BCUT2D eigenvalue weighted by Crippen LogP contribution is 2.44. The number of piperidine rings is 1. The van der Waals surface area contributed by atoms with Gasteiger partial charge in [0, 0.05) is 36.5 Å². The lowest BCUT2D eigenvalue weighted by Crippen LogP contribution is -2.53. The normalized spacial score (nSPS) is 18.1. The summed E-state index contributed by atoms with van der Waals surface area (Å²) in [6, 6.07) is 15.0. The fourth-order valence-electron chi connectivity index (χ4n) is 4.22. The Labute approximate surface area is 176 Å². The predicted octanol–water partition coefficient (Wildman–Crippen LogP) is 3.83. The molecule has 2 fully saturated rings. The summed E-state index contributed by atoms with van der Waals surface area (Å²) in [5.41, 5.74) is 2.52. The van der Waals surface area contributed by atoms with E-state index in [4.69, 9.17) is 4.74 Å². The standard InChI is InChI=1S/C23H26N2O3S/c1-17-4-3-5-19(16-17)22(27)25-14-15-29-23(25)10-12-24(13-11-23)21(26)18-6-8-20(28-2)9-7-18/h3-9,16H,10-15H2,1-2H3. The molecule has 2 saturated heterocycles. The fourth-order valence-corrected chi connectivity index (χ4v) is 5.67. The molecule has 0 unspecified atom stereocenters.